The van der Waals surface area contributed by atoms with E-state index < -0.39 is 23.4 Å². The summed E-state index contributed by atoms with van der Waals surface area (Å²) < 4.78 is 11.2. The quantitative estimate of drug-likeness (QED) is 0.239. The normalized spacial score (nSPS) is 22.6. The van der Waals surface area contributed by atoms with Crippen LogP contribution < -0.4 is 14.8 Å². The summed E-state index contributed by atoms with van der Waals surface area (Å²) in [5.41, 5.74) is 2.64. The number of carbonyl (C=O) groups excluding carboxylic acids is 3. The van der Waals surface area contributed by atoms with Crippen molar-refractivity contribution in [2.45, 2.75) is 30.8 Å². The summed E-state index contributed by atoms with van der Waals surface area (Å²) in [4.78, 5) is 46.2. The van der Waals surface area contributed by atoms with Crippen molar-refractivity contribution in [2.75, 3.05) is 19.0 Å². The van der Waals surface area contributed by atoms with E-state index in [1.165, 1.54) is 0 Å². The van der Waals surface area contributed by atoms with Crippen LogP contribution in [0.3, 0.4) is 0 Å². The fourth-order valence-electron chi connectivity index (χ4n) is 7.23. The van der Waals surface area contributed by atoms with E-state index in [-0.39, 0.29) is 17.5 Å². The molecular weight excluding hydrogens is 552 g/mol. The number of ketones is 2. The van der Waals surface area contributed by atoms with E-state index in [1.54, 1.807) is 55.6 Å². The first kappa shape index (κ1) is 27.7. The molecule has 0 bridgehead atoms. The average Bonchev–Trinajstić information content (AvgIpc) is 3.55. The lowest BCUT2D eigenvalue weighted by molar-refractivity contribution is -0.122. The van der Waals surface area contributed by atoms with Gasteiger partial charge in [-0.15, -0.1) is 0 Å². The molecule has 220 valence electrons. The minimum absolute atomic E-state index is 0.256. The molecule has 1 fully saturated rings. The number of carbonyl (C=O) groups is 3. The van der Waals surface area contributed by atoms with Crippen LogP contribution in [0, 0.1) is 5.92 Å². The highest BCUT2D eigenvalue weighted by atomic mass is 16.5. The van der Waals surface area contributed by atoms with Gasteiger partial charge in [-0.1, -0.05) is 61.5 Å². The highest BCUT2D eigenvalue weighted by Crippen LogP contribution is 2.62. The maximum Gasteiger partial charge on any atom is 0.238 e. The first-order chi connectivity index (χ1) is 21.5. The zero-order valence-electron chi connectivity index (χ0n) is 24.5. The molecule has 4 aromatic rings. The number of anilines is 1. The van der Waals surface area contributed by atoms with Crippen LogP contribution in [0.5, 0.6) is 11.5 Å². The number of hydrogen-bond donors (Lipinski definition) is 1. The van der Waals surface area contributed by atoms with Crippen LogP contribution in [0.15, 0.2) is 103 Å². The lowest BCUT2D eigenvalue weighted by atomic mass is 9.62. The third-order valence-corrected chi connectivity index (χ3v) is 9.09. The number of rotatable bonds is 8. The number of benzene rings is 4. The van der Waals surface area contributed by atoms with Gasteiger partial charge in [0.05, 0.1) is 25.7 Å². The molecule has 4 atom stereocenters. The monoisotopic (exact) mass is 584 g/mol. The first-order valence-corrected chi connectivity index (χ1v) is 14.9. The average molecular weight is 585 g/mol. The van der Waals surface area contributed by atoms with Gasteiger partial charge in [0.25, 0.3) is 0 Å². The van der Waals surface area contributed by atoms with Crippen LogP contribution in [0.4, 0.5) is 5.69 Å². The van der Waals surface area contributed by atoms with E-state index in [4.69, 9.17) is 9.47 Å². The Kier molecular flexibility index (Phi) is 6.81. The number of methoxy groups -OCH3 is 1. The van der Waals surface area contributed by atoms with E-state index in [0.717, 1.165) is 17.5 Å². The Balaban J connectivity index is 1.47. The molecule has 4 unspecified atom stereocenters. The van der Waals surface area contributed by atoms with Crippen molar-refractivity contribution in [3.63, 3.8) is 0 Å². The van der Waals surface area contributed by atoms with Crippen molar-refractivity contribution in [2.24, 2.45) is 5.92 Å². The smallest absolute Gasteiger partial charge is 0.238 e. The lowest BCUT2D eigenvalue weighted by Crippen LogP contribution is -2.49. The molecule has 0 saturated carbocycles. The highest BCUT2D eigenvalue weighted by Gasteiger charge is 2.70. The second kappa shape index (κ2) is 10.8. The molecular formula is C37H32N2O5. The summed E-state index contributed by atoms with van der Waals surface area (Å²) in [6.07, 6.45) is 4.69. The number of ether oxygens (including phenoxy) is 2. The predicted molar refractivity (Wildman–Crippen MR) is 168 cm³/mol. The van der Waals surface area contributed by atoms with Crippen LogP contribution in [0.25, 0.3) is 6.08 Å². The first-order valence-electron chi connectivity index (χ1n) is 14.9. The fraction of sp³-hybridized carbons (Fsp3) is 0.216. The van der Waals surface area contributed by atoms with Crippen LogP contribution in [0.2, 0.25) is 0 Å². The molecule has 1 saturated heterocycles. The van der Waals surface area contributed by atoms with E-state index in [9.17, 15) is 14.4 Å². The van der Waals surface area contributed by atoms with Gasteiger partial charge in [-0.2, -0.15) is 0 Å². The molecule has 1 N–H and O–H groups in total. The molecule has 3 heterocycles. The molecule has 44 heavy (non-hydrogen) atoms. The molecule has 4 aromatic carbocycles. The molecule has 0 radical (unpaired) electrons. The maximum atomic E-state index is 15.0. The Labute approximate surface area is 256 Å². The molecule has 7 rings (SSSR count). The Morgan fingerprint density at radius 1 is 0.864 bits per heavy atom. The van der Waals surface area contributed by atoms with E-state index in [2.05, 4.69) is 5.32 Å². The highest BCUT2D eigenvalue weighted by molar-refractivity contribution is 6.16. The Bertz CT molecular complexity index is 1810. The number of nitrogens with zero attached hydrogens (tertiary/aromatic N) is 1. The standard InChI is InChI=1S/C37H32N2O5/c1-3-21-44-26-17-15-24(16-18-26)33(40)31-32(34(41)25-10-8-11-27(22-25)43-2)39-20-19-23-9-4-5-12-28(23)35(39)37(31)29-13-6-7-14-30(29)38-36(37)42/h4-20,22,31-32,35H,3,21H2,1-2H3,(H,38,42). The van der Waals surface area contributed by atoms with Crippen LogP contribution in [-0.4, -0.2) is 42.1 Å². The van der Waals surface area contributed by atoms with Crippen LogP contribution in [-0.2, 0) is 10.2 Å². The van der Waals surface area contributed by atoms with Gasteiger partial charge in [0.15, 0.2) is 11.6 Å². The molecule has 7 heteroatoms. The molecule has 3 aliphatic rings. The zero-order valence-corrected chi connectivity index (χ0v) is 24.5. The Morgan fingerprint density at radius 3 is 2.43 bits per heavy atom. The van der Waals surface area contributed by atoms with Gasteiger partial charge in [0, 0.05) is 23.0 Å². The maximum absolute atomic E-state index is 15.0. The minimum Gasteiger partial charge on any atom is -0.497 e. The van der Waals surface area contributed by atoms with Gasteiger partial charge in [0.1, 0.15) is 23.0 Å². The summed E-state index contributed by atoms with van der Waals surface area (Å²) in [7, 11) is 1.55. The van der Waals surface area contributed by atoms with Crippen molar-refractivity contribution in [1.82, 2.24) is 4.90 Å². The second-order valence-corrected chi connectivity index (χ2v) is 11.4. The molecule has 3 aliphatic heterocycles. The minimum atomic E-state index is -1.38. The molecule has 0 aliphatic carbocycles. The Morgan fingerprint density at radius 2 is 1.64 bits per heavy atom. The number of amides is 1. The summed E-state index contributed by atoms with van der Waals surface area (Å²) in [6, 6.07) is 27.8. The van der Waals surface area contributed by atoms with Crippen molar-refractivity contribution >= 4 is 29.2 Å². The van der Waals surface area contributed by atoms with Crippen molar-refractivity contribution < 1.29 is 23.9 Å². The summed E-state index contributed by atoms with van der Waals surface area (Å²) in [6.45, 7) is 2.60. The fourth-order valence-corrected chi connectivity index (χ4v) is 7.23. The van der Waals surface area contributed by atoms with Gasteiger partial charge in [-0.25, -0.2) is 0 Å². The summed E-state index contributed by atoms with van der Waals surface area (Å²) in [5.74, 6) is -0.677. The van der Waals surface area contributed by atoms with E-state index in [0.29, 0.717) is 40.5 Å². The Hall–Kier alpha value is -5.17. The zero-order chi connectivity index (χ0) is 30.4. The van der Waals surface area contributed by atoms with Gasteiger partial charge in [-0.3, -0.25) is 14.4 Å². The number of nitrogens with one attached hydrogen (secondary N) is 1. The third kappa shape index (κ3) is 4.07. The van der Waals surface area contributed by atoms with Crippen molar-refractivity contribution in [1.29, 1.82) is 0 Å². The van der Waals surface area contributed by atoms with Crippen molar-refractivity contribution in [3.05, 3.63) is 131 Å². The second-order valence-electron chi connectivity index (χ2n) is 11.4. The van der Waals surface area contributed by atoms with Crippen LogP contribution >= 0.6 is 0 Å². The van der Waals surface area contributed by atoms with E-state index >= 15 is 0 Å². The topological polar surface area (TPSA) is 84.9 Å². The van der Waals surface area contributed by atoms with Gasteiger partial charge in [0.2, 0.25) is 5.91 Å². The molecule has 1 spiro atoms. The van der Waals surface area contributed by atoms with Gasteiger partial charge < -0.3 is 19.7 Å². The SMILES string of the molecule is CCCOc1ccc(C(=O)C2C(C(=O)c3cccc(OC)c3)N3C=Cc4ccccc4C3C23C(=O)Nc2ccccc23)cc1. The largest absolute Gasteiger partial charge is 0.497 e. The van der Waals surface area contributed by atoms with Gasteiger partial charge >= 0.3 is 0 Å². The van der Waals surface area contributed by atoms with Crippen LogP contribution in [0.1, 0.15) is 56.8 Å². The summed E-state index contributed by atoms with van der Waals surface area (Å²) in [5, 5.41) is 3.09. The molecule has 7 nitrogen and oxygen atoms in total. The number of hydrogen-bond acceptors (Lipinski definition) is 6. The predicted octanol–water partition coefficient (Wildman–Crippen LogP) is 6.47. The number of Topliss-reactive ketones (excluding diaryl/α,β-unsaturated/α-hetero) is 2. The van der Waals surface area contributed by atoms with Crippen molar-refractivity contribution in [3.8, 4) is 11.5 Å². The molecule has 1 amide bonds. The number of para-hydroxylation sites is 1. The number of fused-ring (bicyclic) bond motifs is 6. The lowest BCUT2D eigenvalue weighted by Gasteiger charge is -2.38. The van der Waals surface area contributed by atoms with Gasteiger partial charge in [-0.05, 0) is 71.7 Å². The van der Waals surface area contributed by atoms with E-state index in [1.807, 2.05) is 72.6 Å². The summed E-state index contributed by atoms with van der Waals surface area (Å²) >= 11 is 0. The molecule has 0 aromatic heterocycles. The third-order valence-electron chi connectivity index (χ3n) is 9.09.